The lowest BCUT2D eigenvalue weighted by molar-refractivity contribution is 0.0986. The molecule has 2 aromatic carbocycles. The Morgan fingerprint density at radius 1 is 1.12 bits per heavy atom. The molecule has 1 aliphatic heterocycles. The van der Waals surface area contributed by atoms with E-state index in [1.807, 2.05) is 24.3 Å². The smallest absolute Gasteiger partial charge is 0.258 e. The number of nitrogens with zero attached hydrogens (tertiary/aromatic N) is 1. The van der Waals surface area contributed by atoms with Crippen molar-refractivity contribution in [1.82, 2.24) is 0 Å². The highest BCUT2D eigenvalue weighted by Crippen LogP contribution is 2.37. The van der Waals surface area contributed by atoms with E-state index in [1.54, 1.807) is 28.8 Å². The number of amides is 1. The van der Waals surface area contributed by atoms with Crippen molar-refractivity contribution in [3.05, 3.63) is 54.1 Å². The predicted molar refractivity (Wildman–Crippen MR) is 97.6 cm³/mol. The fraction of sp³-hybridized carbons (Fsp3) is 0.278. The largest absolute Gasteiger partial charge is 0.307 e. The highest BCUT2D eigenvalue weighted by Gasteiger charge is 2.25. The fourth-order valence-electron chi connectivity index (χ4n) is 2.70. The molecule has 0 radical (unpaired) electrons. The van der Waals surface area contributed by atoms with Gasteiger partial charge in [0.05, 0.1) is 10.6 Å². The van der Waals surface area contributed by atoms with Gasteiger partial charge in [0.2, 0.25) is 0 Å². The van der Waals surface area contributed by atoms with Gasteiger partial charge in [-0.05, 0) is 42.8 Å². The topological polar surface area (TPSA) is 54.5 Å². The molecular weight excluding hydrogens is 342 g/mol. The summed E-state index contributed by atoms with van der Waals surface area (Å²) in [6.45, 7) is 2.81. The lowest BCUT2D eigenvalue weighted by Gasteiger charge is -2.22. The molecule has 0 aliphatic carbocycles. The zero-order chi connectivity index (χ0) is 17.3. The third kappa shape index (κ3) is 3.49. The molecule has 0 saturated carbocycles. The van der Waals surface area contributed by atoms with Crippen LogP contribution in [0.15, 0.2) is 58.3 Å². The Labute approximate surface area is 146 Å². The molecule has 3 rings (SSSR count). The van der Waals surface area contributed by atoms with Gasteiger partial charge in [0, 0.05) is 28.5 Å². The predicted octanol–water partition coefficient (Wildman–Crippen LogP) is 3.62. The van der Waals surface area contributed by atoms with Crippen LogP contribution in [0.1, 0.15) is 23.7 Å². The van der Waals surface area contributed by atoms with Gasteiger partial charge in [0.15, 0.2) is 9.84 Å². The summed E-state index contributed by atoms with van der Waals surface area (Å²) >= 11 is 1.78. The summed E-state index contributed by atoms with van der Waals surface area (Å²) in [5.74, 6) is -0.0998. The maximum Gasteiger partial charge on any atom is 0.258 e. The van der Waals surface area contributed by atoms with Crippen molar-refractivity contribution in [2.45, 2.75) is 28.4 Å². The summed E-state index contributed by atoms with van der Waals surface area (Å²) in [6, 6.07) is 14.1. The average molecular weight is 361 g/mol. The minimum atomic E-state index is -3.26. The molecule has 1 heterocycles. The first kappa shape index (κ1) is 17.0. The number of benzene rings is 2. The zero-order valence-corrected chi connectivity index (χ0v) is 15.2. The lowest BCUT2D eigenvalue weighted by atomic mass is 10.1. The molecule has 1 atom stereocenters. The minimum absolute atomic E-state index is 0.0998. The van der Waals surface area contributed by atoms with Crippen LogP contribution < -0.4 is 4.90 Å². The highest BCUT2D eigenvalue weighted by atomic mass is 32.2. The summed E-state index contributed by atoms with van der Waals surface area (Å²) < 4.78 is 23.1. The fourth-order valence-corrected chi connectivity index (χ4v) is 4.44. The Kier molecular flexibility index (Phi) is 4.69. The molecule has 2 aromatic rings. The first-order valence-electron chi connectivity index (χ1n) is 7.74. The number of thioether (sulfide) groups is 1. The zero-order valence-electron chi connectivity index (χ0n) is 13.6. The van der Waals surface area contributed by atoms with Crippen molar-refractivity contribution in [1.29, 1.82) is 0 Å². The van der Waals surface area contributed by atoms with Crippen LogP contribution in [-0.4, -0.2) is 32.4 Å². The summed E-state index contributed by atoms with van der Waals surface area (Å²) in [4.78, 5) is 16.1. The van der Waals surface area contributed by atoms with Gasteiger partial charge >= 0.3 is 0 Å². The molecule has 1 amide bonds. The number of carbonyl (C=O) groups is 1. The average Bonchev–Trinajstić information content (AvgIpc) is 2.72. The van der Waals surface area contributed by atoms with Crippen LogP contribution in [0.4, 0.5) is 5.69 Å². The quantitative estimate of drug-likeness (QED) is 0.820. The van der Waals surface area contributed by atoms with Crippen molar-refractivity contribution in [3.63, 3.8) is 0 Å². The maximum absolute atomic E-state index is 13.0. The Morgan fingerprint density at radius 2 is 1.79 bits per heavy atom. The number of anilines is 1. The number of hydrogen-bond acceptors (Lipinski definition) is 4. The summed E-state index contributed by atoms with van der Waals surface area (Å²) in [7, 11) is -3.26. The van der Waals surface area contributed by atoms with Crippen molar-refractivity contribution in [2.24, 2.45) is 0 Å². The van der Waals surface area contributed by atoms with Crippen molar-refractivity contribution in [2.75, 3.05) is 17.7 Å². The van der Waals surface area contributed by atoms with E-state index in [0.717, 1.165) is 23.3 Å². The first-order valence-corrected chi connectivity index (χ1v) is 10.5. The molecule has 0 aromatic heterocycles. The number of fused-ring (bicyclic) bond motifs is 1. The summed E-state index contributed by atoms with van der Waals surface area (Å²) in [6.07, 6.45) is 2.07. The molecule has 0 bridgehead atoms. The van der Waals surface area contributed by atoms with Crippen molar-refractivity contribution in [3.8, 4) is 0 Å². The summed E-state index contributed by atoms with van der Waals surface area (Å²) in [5, 5.41) is 0.441. The number of sulfone groups is 1. The maximum atomic E-state index is 13.0. The lowest BCUT2D eigenvalue weighted by Crippen LogP contribution is -2.32. The van der Waals surface area contributed by atoms with Gasteiger partial charge in [-0.2, -0.15) is 0 Å². The Bertz CT molecular complexity index is 860. The molecule has 1 unspecified atom stereocenters. The van der Waals surface area contributed by atoms with Gasteiger partial charge in [0.1, 0.15) is 0 Å². The molecule has 4 nitrogen and oxygen atoms in total. The van der Waals surface area contributed by atoms with Gasteiger partial charge in [-0.1, -0.05) is 19.1 Å². The van der Waals surface area contributed by atoms with Gasteiger partial charge in [-0.15, -0.1) is 11.8 Å². The second kappa shape index (κ2) is 6.61. The normalized spacial score (nSPS) is 17.9. The van der Waals surface area contributed by atoms with E-state index in [-0.39, 0.29) is 10.8 Å². The van der Waals surface area contributed by atoms with E-state index in [1.165, 1.54) is 12.1 Å². The van der Waals surface area contributed by atoms with Gasteiger partial charge < -0.3 is 4.90 Å². The van der Waals surface area contributed by atoms with E-state index >= 15 is 0 Å². The third-order valence-electron chi connectivity index (χ3n) is 4.02. The first-order chi connectivity index (χ1) is 11.4. The van der Waals surface area contributed by atoms with Gasteiger partial charge in [-0.25, -0.2) is 8.42 Å². The molecule has 126 valence electrons. The molecule has 1 aliphatic rings. The molecule has 0 fully saturated rings. The SMILES string of the molecule is CC1CCN(C(=O)c2ccc(S(C)(=O)=O)cc2)c2ccccc2S1. The standard InChI is InChI=1S/C18H19NO3S2/c1-13-11-12-19(16-5-3-4-6-17(16)23-13)18(20)14-7-9-15(10-8-14)24(2,21)22/h3-10,13H,11-12H2,1-2H3. The summed E-state index contributed by atoms with van der Waals surface area (Å²) in [5.41, 5.74) is 1.42. The second-order valence-corrected chi connectivity index (χ2v) is 9.43. The van der Waals surface area contributed by atoms with Crippen LogP contribution in [0.5, 0.6) is 0 Å². The molecule has 24 heavy (non-hydrogen) atoms. The van der Waals surface area contributed by atoms with Gasteiger partial charge in [0.25, 0.3) is 5.91 Å². The molecule has 6 heteroatoms. The van der Waals surface area contributed by atoms with Crippen LogP contribution in [0.2, 0.25) is 0 Å². The van der Waals surface area contributed by atoms with Gasteiger partial charge in [-0.3, -0.25) is 4.79 Å². The molecular formula is C18H19NO3S2. The van der Waals surface area contributed by atoms with E-state index in [0.29, 0.717) is 17.4 Å². The third-order valence-corrected chi connectivity index (χ3v) is 6.38. The number of hydrogen-bond donors (Lipinski definition) is 0. The monoisotopic (exact) mass is 361 g/mol. The van der Waals surface area contributed by atoms with E-state index in [4.69, 9.17) is 0 Å². The Hall–Kier alpha value is -1.79. The Morgan fingerprint density at radius 3 is 2.46 bits per heavy atom. The van der Waals surface area contributed by atoms with Crippen LogP contribution in [0.25, 0.3) is 0 Å². The molecule has 0 saturated heterocycles. The second-order valence-electron chi connectivity index (χ2n) is 5.94. The minimum Gasteiger partial charge on any atom is -0.307 e. The van der Waals surface area contributed by atoms with E-state index in [9.17, 15) is 13.2 Å². The van der Waals surface area contributed by atoms with Crippen LogP contribution >= 0.6 is 11.8 Å². The van der Waals surface area contributed by atoms with E-state index < -0.39 is 9.84 Å². The highest BCUT2D eigenvalue weighted by molar-refractivity contribution is 8.00. The van der Waals surface area contributed by atoms with Crippen LogP contribution in [-0.2, 0) is 9.84 Å². The molecule has 0 spiro atoms. The van der Waals surface area contributed by atoms with Crippen molar-refractivity contribution >= 4 is 33.2 Å². The van der Waals surface area contributed by atoms with Crippen LogP contribution in [0.3, 0.4) is 0 Å². The number of para-hydroxylation sites is 1. The number of rotatable bonds is 2. The Balaban J connectivity index is 1.95. The van der Waals surface area contributed by atoms with E-state index in [2.05, 4.69) is 6.92 Å². The van der Waals surface area contributed by atoms with Crippen LogP contribution in [0, 0.1) is 0 Å². The van der Waals surface area contributed by atoms with Crippen molar-refractivity contribution < 1.29 is 13.2 Å². The molecule has 0 N–H and O–H groups in total. The number of carbonyl (C=O) groups excluding carboxylic acids is 1.